The Balaban J connectivity index is 0.000000240. The maximum Gasteiger partial charge on any atom is 0.231 e. The third-order valence-corrected chi connectivity index (χ3v) is 3.25. The SMILES string of the molecule is COc1cnc(C(C)(C)C)cn1.[C-]#[N+]c1ccc(C(C)(C)C)nc1. The summed E-state index contributed by atoms with van der Waals surface area (Å²) < 4.78 is 4.91. The van der Waals surface area contributed by atoms with E-state index in [4.69, 9.17) is 11.3 Å². The minimum Gasteiger partial charge on any atom is -0.480 e. The van der Waals surface area contributed by atoms with Gasteiger partial charge < -0.3 is 4.74 Å². The maximum atomic E-state index is 6.76. The summed E-state index contributed by atoms with van der Waals surface area (Å²) in [6.07, 6.45) is 5.01. The quantitative estimate of drug-likeness (QED) is 0.712. The van der Waals surface area contributed by atoms with Crippen LogP contribution in [0.2, 0.25) is 0 Å². The number of methoxy groups -OCH3 is 1. The molecular formula is C19H26N4O. The number of aromatic nitrogens is 3. The summed E-state index contributed by atoms with van der Waals surface area (Å²) in [6.45, 7) is 19.4. The van der Waals surface area contributed by atoms with Crippen molar-refractivity contribution in [3.05, 3.63) is 53.5 Å². The summed E-state index contributed by atoms with van der Waals surface area (Å²) in [5.74, 6) is 0.558. The van der Waals surface area contributed by atoms with E-state index in [1.54, 1.807) is 31.8 Å². The minimum absolute atomic E-state index is 0.0548. The smallest absolute Gasteiger partial charge is 0.231 e. The molecule has 0 amide bonds. The van der Waals surface area contributed by atoms with Crippen molar-refractivity contribution in [3.63, 3.8) is 0 Å². The molecule has 0 aliphatic heterocycles. The Kier molecular flexibility index (Phi) is 6.42. The van der Waals surface area contributed by atoms with Crippen LogP contribution in [0.5, 0.6) is 5.88 Å². The van der Waals surface area contributed by atoms with Crippen molar-refractivity contribution < 1.29 is 4.74 Å². The van der Waals surface area contributed by atoms with Gasteiger partial charge in [-0.1, -0.05) is 53.7 Å². The van der Waals surface area contributed by atoms with Crippen LogP contribution in [-0.2, 0) is 10.8 Å². The summed E-state index contributed by atoms with van der Waals surface area (Å²) in [6, 6.07) is 3.72. The van der Waals surface area contributed by atoms with Crippen molar-refractivity contribution in [2.45, 2.75) is 52.4 Å². The summed E-state index contributed by atoms with van der Waals surface area (Å²) in [5.41, 5.74) is 2.72. The largest absolute Gasteiger partial charge is 0.480 e. The fourth-order valence-corrected chi connectivity index (χ4v) is 1.70. The molecule has 5 nitrogen and oxygen atoms in total. The molecule has 0 spiro atoms. The number of ether oxygens (including phenoxy) is 1. The molecule has 2 heterocycles. The lowest BCUT2D eigenvalue weighted by molar-refractivity contribution is 0.393. The van der Waals surface area contributed by atoms with Crippen LogP contribution in [0, 0.1) is 6.57 Å². The van der Waals surface area contributed by atoms with Crippen molar-refractivity contribution in [1.82, 2.24) is 15.0 Å². The number of hydrogen-bond acceptors (Lipinski definition) is 4. The number of rotatable bonds is 1. The van der Waals surface area contributed by atoms with Gasteiger partial charge in [0.05, 0.1) is 31.8 Å². The number of hydrogen-bond donors (Lipinski definition) is 0. The molecule has 2 aromatic rings. The standard InChI is InChI=1S/C10H12N2.C9H14N2O/c1-10(2,3)9-6-5-8(11-4)7-12-9;1-9(2,3)7-5-11-8(12-4)6-10-7/h5-7H,1-3H3;5-6H,1-4H3. The Hall–Kier alpha value is -2.48. The first-order chi connectivity index (χ1) is 11.1. The first-order valence-electron chi connectivity index (χ1n) is 7.78. The highest BCUT2D eigenvalue weighted by atomic mass is 16.5. The molecule has 0 N–H and O–H groups in total. The fraction of sp³-hybridized carbons (Fsp3) is 0.474. The topological polar surface area (TPSA) is 52.3 Å². The highest BCUT2D eigenvalue weighted by Crippen LogP contribution is 2.21. The van der Waals surface area contributed by atoms with E-state index in [-0.39, 0.29) is 10.8 Å². The molecule has 0 fully saturated rings. The van der Waals surface area contributed by atoms with Gasteiger partial charge in [0, 0.05) is 22.7 Å². The second-order valence-electron chi connectivity index (χ2n) is 7.46. The van der Waals surface area contributed by atoms with Gasteiger partial charge in [-0.25, -0.2) is 9.83 Å². The Labute approximate surface area is 145 Å². The van der Waals surface area contributed by atoms with Crippen molar-refractivity contribution in [2.24, 2.45) is 0 Å². The van der Waals surface area contributed by atoms with Crippen LogP contribution in [0.4, 0.5) is 5.69 Å². The lowest BCUT2D eigenvalue weighted by Gasteiger charge is -2.16. The van der Waals surface area contributed by atoms with Crippen molar-refractivity contribution in [1.29, 1.82) is 0 Å². The van der Waals surface area contributed by atoms with Crippen LogP contribution in [0.3, 0.4) is 0 Å². The molecule has 0 aliphatic carbocycles. The normalized spacial score (nSPS) is 11.1. The van der Waals surface area contributed by atoms with Gasteiger partial charge in [-0.15, -0.1) is 0 Å². The van der Waals surface area contributed by atoms with Gasteiger partial charge >= 0.3 is 0 Å². The van der Waals surface area contributed by atoms with E-state index >= 15 is 0 Å². The molecule has 0 aromatic carbocycles. The molecule has 0 saturated carbocycles. The highest BCUT2D eigenvalue weighted by molar-refractivity contribution is 5.42. The summed E-state index contributed by atoms with van der Waals surface area (Å²) in [7, 11) is 1.58. The molecule has 0 bridgehead atoms. The fourth-order valence-electron chi connectivity index (χ4n) is 1.70. The van der Waals surface area contributed by atoms with Crippen LogP contribution in [-0.4, -0.2) is 22.1 Å². The first kappa shape index (κ1) is 19.6. The Bertz CT molecular complexity index is 672. The Morgan fingerprint density at radius 3 is 1.75 bits per heavy atom. The zero-order valence-electron chi connectivity index (χ0n) is 15.6. The molecule has 0 saturated heterocycles. The summed E-state index contributed by atoms with van der Waals surface area (Å²) >= 11 is 0. The summed E-state index contributed by atoms with van der Waals surface area (Å²) in [5, 5.41) is 0. The van der Waals surface area contributed by atoms with Gasteiger partial charge in [-0.3, -0.25) is 9.97 Å². The molecule has 0 atom stereocenters. The van der Waals surface area contributed by atoms with Gasteiger partial charge in [0.15, 0.2) is 0 Å². The van der Waals surface area contributed by atoms with E-state index in [1.165, 1.54) is 0 Å². The molecule has 0 radical (unpaired) electrons. The average molecular weight is 326 g/mol. The summed E-state index contributed by atoms with van der Waals surface area (Å²) in [4.78, 5) is 15.8. The minimum atomic E-state index is 0.0548. The van der Waals surface area contributed by atoms with E-state index in [1.807, 2.05) is 6.07 Å². The maximum absolute atomic E-state index is 6.76. The van der Waals surface area contributed by atoms with E-state index < -0.39 is 0 Å². The second-order valence-corrected chi connectivity index (χ2v) is 7.46. The lowest BCUT2D eigenvalue weighted by atomic mass is 9.92. The van der Waals surface area contributed by atoms with Gasteiger partial charge in [-0.2, -0.15) is 0 Å². The zero-order chi connectivity index (χ0) is 18.4. The third kappa shape index (κ3) is 5.96. The molecular weight excluding hydrogens is 300 g/mol. The van der Waals surface area contributed by atoms with Crippen molar-refractivity contribution >= 4 is 5.69 Å². The molecule has 5 heteroatoms. The van der Waals surface area contributed by atoms with E-state index in [0.29, 0.717) is 11.6 Å². The Morgan fingerprint density at radius 2 is 1.42 bits per heavy atom. The van der Waals surface area contributed by atoms with Crippen LogP contribution in [0.15, 0.2) is 30.7 Å². The van der Waals surface area contributed by atoms with Crippen LogP contribution in [0.25, 0.3) is 4.85 Å². The van der Waals surface area contributed by atoms with Crippen molar-refractivity contribution in [3.8, 4) is 5.88 Å². The predicted molar refractivity (Wildman–Crippen MR) is 96.5 cm³/mol. The number of nitrogens with zero attached hydrogens (tertiary/aromatic N) is 4. The molecule has 0 aliphatic rings. The number of pyridine rings is 1. The molecule has 0 unspecified atom stereocenters. The van der Waals surface area contributed by atoms with Gasteiger partial charge in [0.25, 0.3) is 0 Å². The first-order valence-corrected chi connectivity index (χ1v) is 7.78. The monoisotopic (exact) mass is 326 g/mol. The van der Waals surface area contributed by atoms with Gasteiger partial charge in [0.1, 0.15) is 0 Å². The van der Waals surface area contributed by atoms with Crippen molar-refractivity contribution in [2.75, 3.05) is 7.11 Å². The zero-order valence-corrected chi connectivity index (χ0v) is 15.6. The molecule has 24 heavy (non-hydrogen) atoms. The third-order valence-electron chi connectivity index (χ3n) is 3.25. The lowest BCUT2D eigenvalue weighted by Crippen LogP contribution is -2.13. The molecule has 2 aromatic heterocycles. The van der Waals surface area contributed by atoms with Gasteiger partial charge in [-0.05, 0) is 0 Å². The van der Waals surface area contributed by atoms with E-state index in [9.17, 15) is 0 Å². The van der Waals surface area contributed by atoms with E-state index in [2.05, 4.69) is 61.3 Å². The van der Waals surface area contributed by atoms with Crippen LogP contribution >= 0.6 is 0 Å². The molecule has 2 rings (SSSR count). The molecule has 128 valence electrons. The van der Waals surface area contributed by atoms with Gasteiger partial charge in [0.2, 0.25) is 11.6 Å². The van der Waals surface area contributed by atoms with Crippen LogP contribution < -0.4 is 4.74 Å². The average Bonchev–Trinajstić information content (AvgIpc) is 2.54. The Morgan fingerprint density at radius 1 is 0.833 bits per heavy atom. The van der Waals surface area contributed by atoms with E-state index in [0.717, 1.165) is 11.4 Å². The second kappa shape index (κ2) is 7.87. The van der Waals surface area contributed by atoms with Crippen LogP contribution in [0.1, 0.15) is 52.9 Å². The highest BCUT2D eigenvalue weighted by Gasteiger charge is 2.15. The predicted octanol–water partition coefficient (Wildman–Crippen LogP) is 4.71.